The highest BCUT2D eigenvalue weighted by atomic mass is 16.5. The normalized spacial score (nSPS) is 22.3. The minimum absolute atomic E-state index is 0.0851. The minimum atomic E-state index is -0.914. The van der Waals surface area contributed by atoms with Gasteiger partial charge in [0.25, 0.3) is 0 Å². The van der Waals surface area contributed by atoms with Crippen LogP contribution in [0.5, 0.6) is 0 Å². The zero-order valence-electron chi connectivity index (χ0n) is 12.7. The molecule has 0 bridgehead atoms. The smallest absolute Gasteiger partial charge is 0.331 e. The Morgan fingerprint density at radius 3 is 2.52 bits per heavy atom. The maximum atomic E-state index is 11.6. The summed E-state index contributed by atoms with van der Waals surface area (Å²) in [5, 5.41) is 4.76. The lowest BCUT2D eigenvalue weighted by atomic mass is 9.98. The number of piperazine rings is 1. The van der Waals surface area contributed by atoms with Crippen LogP contribution in [0.25, 0.3) is 0 Å². The molecule has 1 heterocycles. The fourth-order valence-corrected chi connectivity index (χ4v) is 2.46. The average molecular weight is 324 g/mol. The van der Waals surface area contributed by atoms with E-state index in [1.165, 1.54) is 0 Å². The van der Waals surface area contributed by atoms with Crippen molar-refractivity contribution in [3.8, 4) is 0 Å². The average Bonchev–Trinajstić information content (AvgIpc) is 2.54. The highest BCUT2D eigenvalue weighted by molar-refractivity contribution is 5.95. The van der Waals surface area contributed by atoms with Crippen molar-refractivity contribution in [2.24, 2.45) is 0 Å². The second-order valence-electron chi connectivity index (χ2n) is 5.50. The summed E-state index contributed by atoms with van der Waals surface area (Å²) in [5.74, 6) is -2.13. The number of ether oxygens (including phenoxy) is 2. The van der Waals surface area contributed by atoms with E-state index in [1.54, 1.807) is 0 Å². The van der Waals surface area contributed by atoms with Crippen molar-refractivity contribution in [2.45, 2.75) is 44.2 Å². The highest BCUT2D eigenvalue weighted by Crippen LogP contribution is 2.20. The maximum absolute atomic E-state index is 11.6. The van der Waals surface area contributed by atoms with Crippen molar-refractivity contribution in [3.05, 3.63) is 12.2 Å². The number of nitrogens with one attached hydrogen (secondary N) is 2. The molecule has 0 aromatic heterocycles. The topological polar surface area (TPSA) is 111 Å². The Morgan fingerprint density at radius 1 is 1.09 bits per heavy atom. The van der Waals surface area contributed by atoms with Gasteiger partial charge >= 0.3 is 11.9 Å². The SMILES string of the molecule is O=C1CNC(=O)C(COC(=O)/C=C/C(=O)OC2CCCCC2)N1. The fraction of sp³-hybridized carbons (Fsp3) is 0.600. The molecule has 1 saturated carbocycles. The fourth-order valence-electron chi connectivity index (χ4n) is 2.46. The summed E-state index contributed by atoms with van der Waals surface area (Å²) in [7, 11) is 0. The van der Waals surface area contributed by atoms with Crippen LogP contribution in [0, 0.1) is 0 Å². The van der Waals surface area contributed by atoms with Crippen LogP contribution in [0.2, 0.25) is 0 Å². The Morgan fingerprint density at radius 2 is 1.78 bits per heavy atom. The predicted molar refractivity (Wildman–Crippen MR) is 78.0 cm³/mol. The van der Waals surface area contributed by atoms with E-state index in [0.29, 0.717) is 0 Å². The molecule has 126 valence electrons. The molecule has 8 nitrogen and oxygen atoms in total. The van der Waals surface area contributed by atoms with Crippen LogP contribution in [0.15, 0.2) is 12.2 Å². The molecule has 2 fully saturated rings. The van der Waals surface area contributed by atoms with Crippen LogP contribution in [0.3, 0.4) is 0 Å². The molecule has 0 radical (unpaired) electrons. The van der Waals surface area contributed by atoms with Gasteiger partial charge in [-0.15, -0.1) is 0 Å². The van der Waals surface area contributed by atoms with Crippen LogP contribution < -0.4 is 10.6 Å². The quantitative estimate of drug-likeness (QED) is 0.525. The van der Waals surface area contributed by atoms with Gasteiger partial charge in [-0.2, -0.15) is 0 Å². The lowest BCUT2D eigenvalue weighted by Crippen LogP contribution is -2.58. The van der Waals surface area contributed by atoms with Gasteiger partial charge < -0.3 is 20.1 Å². The zero-order chi connectivity index (χ0) is 16.7. The zero-order valence-corrected chi connectivity index (χ0v) is 12.7. The monoisotopic (exact) mass is 324 g/mol. The van der Waals surface area contributed by atoms with Crippen LogP contribution in [0.1, 0.15) is 32.1 Å². The second kappa shape index (κ2) is 8.30. The molecule has 0 aromatic rings. The van der Waals surface area contributed by atoms with Crippen molar-refractivity contribution in [1.29, 1.82) is 0 Å². The van der Waals surface area contributed by atoms with Gasteiger partial charge in [0.1, 0.15) is 18.8 Å². The Bertz CT molecular complexity index is 510. The third-order valence-electron chi connectivity index (χ3n) is 3.66. The summed E-state index contributed by atoms with van der Waals surface area (Å²) < 4.78 is 10.0. The number of rotatable bonds is 5. The number of hydrogen-bond acceptors (Lipinski definition) is 6. The van der Waals surface area contributed by atoms with Crippen LogP contribution >= 0.6 is 0 Å². The molecule has 2 amide bonds. The summed E-state index contributed by atoms with van der Waals surface area (Å²) in [6, 6.07) is -0.914. The lowest BCUT2D eigenvalue weighted by molar-refractivity contribution is -0.146. The van der Waals surface area contributed by atoms with E-state index in [-0.39, 0.29) is 25.2 Å². The molecule has 1 aliphatic heterocycles. The van der Waals surface area contributed by atoms with Crippen LogP contribution in [-0.4, -0.2) is 49.1 Å². The first kappa shape index (κ1) is 17.0. The van der Waals surface area contributed by atoms with E-state index in [4.69, 9.17) is 9.47 Å². The van der Waals surface area contributed by atoms with Crippen molar-refractivity contribution < 1.29 is 28.7 Å². The first-order valence-electron chi connectivity index (χ1n) is 7.67. The standard InChI is InChI=1S/C15H20N2O6/c18-12-8-16-15(21)11(17-12)9-22-13(19)6-7-14(20)23-10-4-2-1-3-5-10/h6-7,10-11H,1-5,8-9H2,(H,16,21)(H,17,18)/b7-6+. The van der Waals surface area contributed by atoms with Gasteiger partial charge in [-0.1, -0.05) is 6.42 Å². The second-order valence-corrected chi connectivity index (χ2v) is 5.50. The molecule has 1 saturated heterocycles. The van der Waals surface area contributed by atoms with Crippen molar-refractivity contribution in [3.63, 3.8) is 0 Å². The van der Waals surface area contributed by atoms with Gasteiger partial charge in [0.15, 0.2) is 0 Å². The molecule has 2 rings (SSSR count). The Balaban J connectivity index is 1.69. The van der Waals surface area contributed by atoms with Gasteiger partial charge in [-0.25, -0.2) is 9.59 Å². The van der Waals surface area contributed by atoms with Gasteiger partial charge in [-0.05, 0) is 25.7 Å². The van der Waals surface area contributed by atoms with Gasteiger partial charge in [0.2, 0.25) is 11.8 Å². The van der Waals surface area contributed by atoms with Gasteiger partial charge in [0, 0.05) is 12.2 Å². The summed E-state index contributed by atoms with van der Waals surface area (Å²) in [6.45, 7) is -0.380. The number of carbonyl (C=O) groups is 4. The molecule has 0 aromatic carbocycles. The van der Waals surface area contributed by atoms with E-state index in [1.807, 2.05) is 0 Å². The first-order chi connectivity index (χ1) is 11.0. The highest BCUT2D eigenvalue weighted by Gasteiger charge is 2.26. The molecule has 8 heteroatoms. The Kier molecular flexibility index (Phi) is 6.13. The molecular weight excluding hydrogens is 304 g/mol. The third-order valence-corrected chi connectivity index (χ3v) is 3.66. The van der Waals surface area contributed by atoms with E-state index < -0.39 is 23.9 Å². The van der Waals surface area contributed by atoms with Gasteiger partial charge in [-0.3, -0.25) is 9.59 Å². The van der Waals surface area contributed by atoms with Crippen molar-refractivity contribution in [2.75, 3.05) is 13.2 Å². The lowest BCUT2D eigenvalue weighted by Gasteiger charge is -2.22. The number of hydrogen-bond donors (Lipinski definition) is 2. The number of amides is 2. The Hall–Kier alpha value is -2.38. The maximum Gasteiger partial charge on any atom is 0.331 e. The largest absolute Gasteiger partial charge is 0.460 e. The molecule has 23 heavy (non-hydrogen) atoms. The van der Waals surface area contributed by atoms with Crippen LogP contribution in [-0.2, 0) is 28.7 Å². The molecule has 0 spiro atoms. The molecule has 1 unspecified atom stereocenters. The Labute approximate surface area is 133 Å². The van der Waals surface area contributed by atoms with Crippen molar-refractivity contribution in [1.82, 2.24) is 10.6 Å². The van der Waals surface area contributed by atoms with E-state index in [0.717, 1.165) is 44.3 Å². The van der Waals surface area contributed by atoms with Crippen molar-refractivity contribution >= 4 is 23.8 Å². The third kappa shape index (κ3) is 5.72. The molecule has 1 atom stereocenters. The molecule has 2 N–H and O–H groups in total. The minimum Gasteiger partial charge on any atom is -0.460 e. The molecular formula is C15H20N2O6. The molecule has 1 aliphatic carbocycles. The number of esters is 2. The first-order valence-corrected chi connectivity index (χ1v) is 7.67. The molecule has 2 aliphatic rings. The number of carbonyl (C=O) groups excluding carboxylic acids is 4. The summed E-state index contributed by atoms with van der Waals surface area (Å²) in [6.07, 6.45) is 6.81. The van der Waals surface area contributed by atoms with E-state index in [2.05, 4.69) is 10.6 Å². The summed E-state index contributed by atoms with van der Waals surface area (Å²) in [5.41, 5.74) is 0. The predicted octanol–water partition coefficient (Wildman–Crippen LogP) is -0.424. The van der Waals surface area contributed by atoms with Gasteiger partial charge in [0.05, 0.1) is 6.54 Å². The summed E-state index contributed by atoms with van der Waals surface area (Å²) in [4.78, 5) is 45.6. The van der Waals surface area contributed by atoms with E-state index in [9.17, 15) is 19.2 Å². The summed E-state index contributed by atoms with van der Waals surface area (Å²) >= 11 is 0. The van der Waals surface area contributed by atoms with Crippen LogP contribution in [0.4, 0.5) is 0 Å². The van der Waals surface area contributed by atoms with E-state index >= 15 is 0 Å².